The summed E-state index contributed by atoms with van der Waals surface area (Å²) in [6.45, 7) is 0. The quantitative estimate of drug-likeness (QED) is 0.771. The van der Waals surface area contributed by atoms with E-state index in [1.165, 1.54) is 27.8 Å². The maximum absolute atomic E-state index is 8.67. The predicted octanol–water partition coefficient (Wildman–Crippen LogP) is 3.91. The zero-order valence-electron chi connectivity index (χ0n) is 10.3. The number of aryl methyl sites for hydroxylation is 3. The van der Waals surface area contributed by atoms with Crippen LogP contribution < -0.4 is 0 Å². The fourth-order valence-corrected chi connectivity index (χ4v) is 2.72. The lowest BCUT2D eigenvalue weighted by atomic mass is 9.84. The average molecular weight is 233 g/mol. The van der Waals surface area contributed by atoms with Crippen LogP contribution >= 0.6 is 0 Å². The molecule has 0 aliphatic heterocycles. The highest BCUT2D eigenvalue weighted by Gasteiger charge is 2.15. The van der Waals surface area contributed by atoms with Crippen molar-refractivity contribution < 1.29 is 0 Å². The van der Waals surface area contributed by atoms with Crippen LogP contribution in [0.5, 0.6) is 0 Å². The monoisotopic (exact) mass is 233 g/mol. The third-order valence-corrected chi connectivity index (χ3v) is 3.67. The molecule has 0 spiro atoms. The Bertz CT molecular complexity index is 620. The van der Waals surface area contributed by atoms with Crippen LogP contribution in [0.4, 0.5) is 0 Å². The van der Waals surface area contributed by atoms with E-state index in [-0.39, 0.29) is 0 Å². The fourth-order valence-electron chi connectivity index (χ4n) is 2.72. The van der Waals surface area contributed by atoms with Crippen molar-refractivity contribution in [1.29, 1.82) is 5.26 Å². The molecule has 1 aliphatic rings. The molecule has 0 amide bonds. The highest BCUT2D eigenvalue weighted by molar-refractivity contribution is 5.73. The molecule has 0 heterocycles. The minimum absolute atomic E-state index is 0.598. The number of fused-ring (bicyclic) bond motifs is 3. The van der Waals surface area contributed by atoms with E-state index in [0.717, 1.165) is 19.3 Å². The van der Waals surface area contributed by atoms with Crippen LogP contribution in [0.15, 0.2) is 42.5 Å². The van der Waals surface area contributed by atoms with Crippen LogP contribution in [0.3, 0.4) is 0 Å². The molecule has 0 saturated carbocycles. The van der Waals surface area contributed by atoms with Gasteiger partial charge in [0.1, 0.15) is 0 Å². The first-order valence-electron chi connectivity index (χ1n) is 6.45. The largest absolute Gasteiger partial charge is 0.198 e. The van der Waals surface area contributed by atoms with E-state index in [2.05, 4.69) is 48.5 Å². The first-order chi connectivity index (χ1) is 8.88. The molecule has 0 saturated heterocycles. The van der Waals surface area contributed by atoms with Gasteiger partial charge in [0.05, 0.1) is 6.07 Å². The summed E-state index contributed by atoms with van der Waals surface area (Å²) in [6.07, 6.45) is 3.72. The van der Waals surface area contributed by atoms with Crippen molar-refractivity contribution in [3.63, 3.8) is 0 Å². The molecular weight excluding hydrogens is 218 g/mol. The van der Waals surface area contributed by atoms with E-state index >= 15 is 0 Å². The van der Waals surface area contributed by atoms with E-state index < -0.39 is 0 Å². The Kier molecular flexibility index (Phi) is 2.86. The molecule has 18 heavy (non-hydrogen) atoms. The molecule has 0 fully saturated rings. The lowest BCUT2D eigenvalue weighted by molar-refractivity contribution is 0.934. The average Bonchev–Trinajstić information content (AvgIpc) is 2.45. The Morgan fingerprint density at radius 3 is 2.56 bits per heavy atom. The molecule has 1 heteroatoms. The second-order valence-corrected chi connectivity index (χ2v) is 4.81. The summed E-state index contributed by atoms with van der Waals surface area (Å²) < 4.78 is 0. The molecule has 2 aromatic rings. The molecule has 0 unspecified atom stereocenters. The highest BCUT2D eigenvalue weighted by atomic mass is 14.2. The van der Waals surface area contributed by atoms with Gasteiger partial charge in [0, 0.05) is 6.42 Å². The van der Waals surface area contributed by atoms with Gasteiger partial charge in [0.2, 0.25) is 0 Å². The van der Waals surface area contributed by atoms with Gasteiger partial charge in [-0.05, 0) is 47.1 Å². The third-order valence-electron chi connectivity index (χ3n) is 3.67. The van der Waals surface area contributed by atoms with Gasteiger partial charge in [-0.3, -0.25) is 0 Å². The Balaban J connectivity index is 2.05. The molecule has 0 bridgehead atoms. The Hall–Kier alpha value is -2.07. The summed E-state index contributed by atoms with van der Waals surface area (Å²) in [6, 6.07) is 17.5. The van der Waals surface area contributed by atoms with Gasteiger partial charge in [0.15, 0.2) is 0 Å². The van der Waals surface area contributed by atoms with Gasteiger partial charge in [0.25, 0.3) is 0 Å². The van der Waals surface area contributed by atoms with Gasteiger partial charge in [-0.2, -0.15) is 5.26 Å². The summed E-state index contributed by atoms with van der Waals surface area (Å²) >= 11 is 0. The fraction of sp³-hybridized carbons (Fsp3) is 0.235. The van der Waals surface area contributed by atoms with Gasteiger partial charge >= 0.3 is 0 Å². The highest BCUT2D eigenvalue weighted by Crippen LogP contribution is 2.34. The van der Waals surface area contributed by atoms with E-state index in [4.69, 9.17) is 5.26 Å². The Morgan fingerprint density at radius 1 is 0.944 bits per heavy atom. The Labute approximate surface area is 108 Å². The van der Waals surface area contributed by atoms with Crippen LogP contribution in [0.1, 0.15) is 23.1 Å². The van der Waals surface area contributed by atoms with E-state index in [9.17, 15) is 0 Å². The number of benzene rings is 2. The summed E-state index contributed by atoms with van der Waals surface area (Å²) in [5, 5.41) is 8.67. The van der Waals surface area contributed by atoms with E-state index in [0.29, 0.717) is 6.42 Å². The number of hydrogen-bond donors (Lipinski definition) is 0. The standard InChI is InChI=1S/C17H15N/c18-11-3-4-13-7-8-15-10-9-14-5-1-2-6-16(14)17(15)12-13/h1-2,5-8,12H,3-4,9-10H2. The molecule has 0 atom stereocenters. The summed E-state index contributed by atoms with van der Waals surface area (Å²) in [5.41, 5.74) is 6.90. The lowest BCUT2D eigenvalue weighted by Gasteiger charge is -2.20. The normalized spacial score (nSPS) is 12.4. The second kappa shape index (κ2) is 4.66. The van der Waals surface area contributed by atoms with Crippen molar-refractivity contribution >= 4 is 0 Å². The summed E-state index contributed by atoms with van der Waals surface area (Å²) in [7, 11) is 0. The molecule has 0 N–H and O–H groups in total. The molecule has 0 aromatic heterocycles. The van der Waals surface area contributed by atoms with Crippen molar-refractivity contribution in [2.24, 2.45) is 0 Å². The first-order valence-corrected chi connectivity index (χ1v) is 6.45. The van der Waals surface area contributed by atoms with Crippen LogP contribution in [0.25, 0.3) is 11.1 Å². The lowest BCUT2D eigenvalue weighted by Crippen LogP contribution is -2.04. The zero-order chi connectivity index (χ0) is 12.4. The minimum Gasteiger partial charge on any atom is -0.198 e. The van der Waals surface area contributed by atoms with Crippen LogP contribution in [0.2, 0.25) is 0 Å². The van der Waals surface area contributed by atoms with Gasteiger partial charge < -0.3 is 0 Å². The number of rotatable bonds is 2. The van der Waals surface area contributed by atoms with Gasteiger partial charge in [-0.15, -0.1) is 0 Å². The molecule has 1 nitrogen and oxygen atoms in total. The molecule has 88 valence electrons. The Morgan fingerprint density at radius 2 is 1.72 bits per heavy atom. The molecule has 1 aliphatic carbocycles. The summed E-state index contributed by atoms with van der Waals surface area (Å²) in [5.74, 6) is 0. The van der Waals surface area contributed by atoms with Crippen LogP contribution in [-0.2, 0) is 19.3 Å². The van der Waals surface area contributed by atoms with Crippen LogP contribution in [0, 0.1) is 11.3 Å². The topological polar surface area (TPSA) is 23.8 Å². The van der Waals surface area contributed by atoms with Crippen molar-refractivity contribution in [2.75, 3.05) is 0 Å². The smallest absolute Gasteiger partial charge is 0.0625 e. The molecule has 3 rings (SSSR count). The summed E-state index contributed by atoms with van der Waals surface area (Å²) in [4.78, 5) is 0. The van der Waals surface area contributed by atoms with Crippen LogP contribution in [-0.4, -0.2) is 0 Å². The molecule has 0 radical (unpaired) electrons. The van der Waals surface area contributed by atoms with Crippen molar-refractivity contribution in [2.45, 2.75) is 25.7 Å². The molecule has 2 aromatic carbocycles. The van der Waals surface area contributed by atoms with Crippen molar-refractivity contribution in [1.82, 2.24) is 0 Å². The van der Waals surface area contributed by atoms with Crippen molar-refractivity contribution in [3.05, 3.63) is 59.2 Å². The van der Waals surface area contributed by atoms with Gasteiger partial charge in [-0.1, -0.05) is 42.5 Å². The third kappa shape index (κ3) is 1.91. The minimum atomic E-state index is 0.598. The molecular formula is C17H15N. The van der Waals surface area contributed by atoms with Crippen molar-refractivity contribution in [3.8, 4) is 17.2 Å². The number of nitrogens with zero attached hydrogens (tertiary/aromatic N) is 1. The second-order valence-electron chi connectivity index (χ2n) is 4.81. The maximum Gasteiger partial charge on any atom is 0.0625 e. The number of hydrogen-bond acceptors (Lipinski definition) is 1. The SMILES string of the molecule is N#CCCc1ccc2c(c1)-c1ccccc1CC2. The predicted molar refractivity (Wildman–Crippen MR) is 73.2 cm³/mol. The maximum atomic E-state index is 8.67. The van der Waals surface area contributed by atoms with Gasteiger partial charge in [-0.25, -0.2) is 0 Å². The number of nitriles is 1. The zero-order valence-corrected chi connectivity index (χ0v) is 10.3. The van der Waals surface area contributed by atoms with E-state index in [1.807, 2.05) is 0 Å². The van der Waals surface area contributed by atoms with E-state index in [1.54, 1.807) is 0 Å². The first kappa shape index (κ1) is 11.0.